The Morgan fingerprint density at radius 3 is 2.42 bits per heavy atom. The van der Waals surface area contributed by atoms with Gasteiger partial charge in [-0.25, -0.2) is 0 Å². The summed E-state index contributed by atoms with van der Waals surface area (Å²) in [4.78, 5) is 0. The number of benzene rings is 2. The van der Waals surface area contributed by atoms with Crippen LogP contribution < -0.4 is 4.74 Å². The quantitative estimate of drug-likeness (QED) is 0.916. The van der Waals surface area contributed by atoms with Crippen LogP contribution in [-0.2, 0) is 0 Å². The van der Waals surface area contributed by atoms with Gasteiger partial charge >= 0.3 is 0 Å². The summed E-state index contributed by atoms with van der Waals surface area (Å²) in [5.41, 5.74) is 3.53. The molecule has 0 bridgehead atoms. The second kappa shape index (κ2) is 5.64. The number of hydrogen-bond donors (Lipinski definition) is 1. The molecule has 0 spiro atoms. The number of aryl methyl sites for hydroxylation is 2. The minimum Gasteiger partial charge on any atom is -0.496 e. The molecular formula is C16H17ClO2. The van der Waals surface area contributed by atoms with Gasteiger partial charge in [0.25, 0.3) is 0 Å². The van der Waals surface area contributed by atoms with Crippen LogP contribution in [0.3, 0.4) is 0 Å². The predicted molar refractivity (Wildman–Crippen MR) is 78.0 cm³/mol. The van der Waals surface area contributed by atoms with Crippen LogP contribution in [0.4, 0.5) is 0 Å². The molecule has 0 aliphatic rings. The molecule has 0 fully saturated rings. The molecule has 19 heavy (non-hydrogen) atoms. The summed E-state index contributed by atoms with van der Waals surface area (Å²) >= 11 is 6.09. The Balaban J connectivity index is 2.50. The standard InChI is InChI=1S/C16H17ClO2/c1-10-9-14(17)11(2)8-13(10)16(18)12-6-4-5-7-15(12)19-3/h4-9,16,18H,1-3H3. The molecule has 1 N–H and O–H groups in total. The lowest BCUT2D eigenvalue weighted by molar-refractivity contribution is 0.214. The fourth-order valence-electron chi connectivity index (χ4n) is 2.16. The van der Waals surface area contributed by atoms with Crippen molar-refractivity contribution in [2.75, 3.05) is 7.11 Å². The zero-order chi connectivity index (χ0) is 14.0. The predicted octanol–water partition coefficient (Wildman–Crippen LogP) is 4.05. The average molecular weight is 277 g/mol. The first-order chi connectivity index (χ1) is 9.04. The van der Waals surface area contributed by atoms with Crippen LogP contribution in [-0.4, -0.2) is 12.2 Å². The molecule has 2 nitrogen and oxygen atoms in total. The third-order valence-corrected chi connectivity index (χ3v) is 3.68. The number of rotatable bonds is 3. The van der Waals surface area contributed by atoms with E-state index in [9.17, 15) is 5.11 Å². The lowest BCUT2D eigenvalue weighted by Crippen LogP contribution is -2.04. The van der Waals surface area contributed by atoms with Gasteiger partial charge in [-0.15, -0.1) is 0 Å². The topological polar surface area (TPSA) is 29.5 Å². The van der Waals surface area contributed by atoms with Gasteiger partial charge in [0.15, 0.2) is 0 Å². The number of para-hydroxylation sites is 1. The lowest BCUT2D eigenvalue weighted by atomic mass is 9.95. The van der Waals surface area contributed by atoms with E-state index in [4.69, 9.17) is 16.3 Å². The molecule has 1 unspecified atom stereocenters. The average Bonchev–Trinajstić information content (AvgIpc) is 2.42. The van der Waals surface area contributed by atoms with Crippen LogP contribution >= 0.6 is 11.6 Å². The van der Waals surface area contributed by atoms with Crippen LogP contribution in [0.25, 0.3) is 0 Å². The van der Waals surface area contributed by atoms with E-state index in [-0.39, 0.29) is 0 Å². The van der Waals surface area contributed by atoms with Crippen LogP contribution in [0.15, 0.2) is 36.4 Å². The Hall–Kier alpha value is -1.51. The summed E-state index contributed by atoms with van der Waals surface area (Å²) in [7, 11) is 1.60. The van der Waals surface area contributed by atoms with E-state index < -0.39 is 6.10 Å². The molecule has 2 aromatic rings. The minimum atomic E-state index is -0.716. The van der Waals surface area contributed by atoms with Gasteiger partial charge in [0.1, 0.15) is 11.9 Å². The highest BCUT2D eigenvalue weighted by Gasteiger charge is 2.17. The van der Waals surface area contributed by atoms with Gasteiger partial charge in [-0.05, 0) is 42.7 Å². The van der Waals surface area contributed by atoms with Gasteiger partial charge in [-0.2, -0.15) is 0 Å². The molecule has 0 radical (unpaired) electrons. The normalized spacial score (nSPS) is 12.3. The highest BCUT2D eigenvalue weighted by molar-refractivity contribution is 6.31. The van der Waals surface area contributed by atoms with Gasteiger partial charge in [0.2, 0.25) is 0 Å². The van der Waals surface area contributed by atoms with Crippen molar-refractivity contribution in [1.29, 1.82) is 0 Å². The fraction of sp³-hybridized carbons (Fsp3) is 0.250. The molecule has 0 saturated heterocycles. The number of aliphatic hydroxyl groups is 1. The molecule has 0 saturated carbocycles. The maximum absolute atomic E-state index is 10.6. The summed E-state index contributed by atoms with van der Waals surface area (Å²) in [5.74, 6) is 0.682. The largest absolute Gasteiger partial charge is 0.496 e. The van der Waals surface area contributed by atoms with Crippen molar-refractivity contribution in [3.63, 3.8) is 0 Å². The Morgan fingerprint density at radius 1 is 1.05 bits per heavy atom. The van der Waals surface area contributed by atoms with Crippen LogP contribution in [0.2, 0.25) is 5.02 Å². The molecule has 2 aromatic carbocycles. The summed E-state index contributed by atoms with van der Waals surface area (Å²) < 4.78 is 5.30. The molecule has 2 rings (SSSR count). The van der Waals surface area contributed by atoms with E-state index >= 15 is 0 Å². The highest BCUT2D eigenvalue weighted by atomic mass is 35.5. The summed E-state index contributed by atoms with van der Waals surface area (Å²) in [6.07, 6.45) is -0.716. The van der Waals surface area contributed by atoms with E-state index in [0.717, 1.165) is 22.3 Å². The third-order valence-electron chi connectivity index (χ3n) is 3.28. The van der Waals surface area contributed by atoms with Gasteiger partial charge in [0.05, 0.1) is 7.11 Å². The summed E-state index contributed by atoms with van der Waals surface area (Å²) in [6.45, 7) is 3.87. The molecule has 0 heterocycles. The zero-order valence-corrected chi connectivity index (χ0v) is 12.0. The molecule has 3 heteroatoms. The second-order valence-electron chi connectivity index (χ2n) is 4.60. The molecule has 0 amide bonds. The Morgan fingerprint density at radius 2 is 1.74 bits per heavy atom. The Bertz CT molecular complexity index is 593. The van der Waals surface area contributed by atoms with Gasteiger partial charge in [0, 0.05) is 10.6 Å². The van der Waals surface area contributed by atoms with E-state index in [1.807, 2.05) is 50.2 Å². The summed E-state index contributed by atoms with van der Waals surface area (Å²) in [6, 6.07) is 11.3. The van der Waals surface area contributed by atoms with Gasteiger partial charge in [-0.1, -0.05) is 35.9 Å². The minimum absolute atomic E-state index is 0.682. The van der Waals surface area contributed by atoms with Crippen LogP contribution in [0.5, 0.6) is 5.75 Å². The van der Waals surface area contributed by atoms with Gasteiger partial charge < -0.3 is 9.84 Å². The first-order valence-electron chi connectivity index (χ1n) is 6.12. The molecule has 1 atom stereocenters. The molecule has 0 aromatic heterocycles. The van der Waals surface area contributed by atoms with Crippen molar-refractivity contribution >= 4 is 11.6 Å². The molecule has 100 valence electrons. The summed E-state index contributed by atoms with van der Waals surface area (Å²) in [5, 5.41) is 11.3. The first-order valence-corrected chi connectivity index (χ1v) is 6.50. The van der Waals surface area contributed by atoms with E-state index in [1.54, 1.807) is 7.11 Å². The van der Waals surface area contributed by atoms with Gasteiger partial charge in [-0.3, -0.25) is 0 Å². The van der Waals surface area contributed by atoms with Crippen molar-refractivity contribution in [3.05, 3.63) is 63.7 Å². The van der Waals surface area contributed by atoms with Crippen LogP contribution in [0.1, 0.15) is 28.4 Å². The lowest BCUT2D eigenvalue weighted by Gasteiger charge is -2.18. The number of ether oxygens (including phenoxy) is 1. The Labute approximate surface area is 118 Å². The molecule has 0 aliphatic carbocycles. The third kappa shape index (κ3) is 2.75. The van der Waals surface area contributed by atoms with E-state index in [0.29, 0.717) is 10.8 Å². The zero-order valence-electron chi connectivity index (χ0n) is 11.3. The van der Waals surface area contributed by atoms with Crippen molar-refractivity contribution in [1.82, 2.24) is 0 Å². The monoisotopic (exact) mass is 276 g/mol. The number of methoxy groups -OCH3 is 1. The van der Waals surface area contributed by atoms with E-state index in [1.165, 1.54) is 0 Å². The maximum Gasteiger partial charge on any atom is 0.125 e. The molecule has 0 aliphatic heterocycles. The fourth-order valence-corrected chi connectivity index (χ4v) is 2.38. The Kier molecular flexibility index (Phi) is 4.13. The highest BCUT2D eigenvalue weighted by Crippen LogP contribution is 2.33. The van der Waals surface area contributed by atoms with Crippen LogP contribution in [0, 0.1) is 13.8 Å². The second-order valence-corrected chi connectivity index (χ2v) is 5.01. The smallest absolute Gasteiger partial charge is 0.125 e. The van der Waals surface area contributed by atoms with Crippen molar-refractivity contribution in [3.8, 4) is 5.75 Å². The SMILES string of the molecule is COc1ccccc1C(O)c1cc(C)c(Cl)cc1C. The maximum atomic E-state index is 10.6. The van der Waals surface area contributed by atoms with E-state index in [2.05, 4.69) is 0 Å². The number of aliphatic hydroxyl groups excluding tert-OH is 1. The number of hydrogen-bond acceptors (Lipinski definition) is 2. The van der Waals surface area contributed by atoms with Crippen molar-refractivity contribution in [2.24, 2.45) is 0 Å². The number of halogens is 1. The molecular weight excluding hydrogens is 260 g/mol. The van der Waals surface area contributed by atoms with Crippen molar-refractivity contribution in [2.45, 2.75) is 20.0 Å². The van der Waals surface area contributed by atoms with Crippen molar-refractivity contribution < 1.29 is 9.84 Å². The first kappa shape index (κ1) is 13.9.